The predicted molar refractivity (Wildman–Crippen MR) is 71.0 cm³/mol. The number of hydrogen-bond acceptors (Lipinski definition) is 3. The summed E-state index contributed by atoms with van der Waals surface area (Å²) >= 11 is 4.82. The summed E-state index contributed by atoms with van der Waals surface area (Å²) in [7, 11) is 0. The van der Waals surface area contributed by atoms with Crippen molar-refractivity contribution in [3.63, 3.8) is 0 Å². The summed E-state index contributed by atoms with van der Waals surface area (Å²) < 4.78 is 13.9. The van der Waals surface area contributed by atoms with E-state index in [1.165, 1.54) is 29.5 Å². The van der Waals surface area contributed by atoms with Crippen molar-refractivity contribution in [2.75, 3.05) is 5.73 Å². The zero-order valence-corrected chi connectivity index (χ0v) is 11.4. The smallest absolute Gasteiger partial charge is 0.194 e. The van der Waals surface area contributed by atoms with Crippen LogP contribution in [0.15, 0.2) is 28.1 Å². The molecule has 0 spiro atoms. The number of ketones is 1. The Morgan fingerprint density at radius 1 is 1.41 bits per heavy atom. The van der Waals surface area contributed by atoms with Crippen LogP contribution < -0.4 is 5.73 Å². The molecule has 0 amide bonds. The van der Waals surface area contributed by atoms with E-state index in [2.05, 4.69) is 15.9 Å². The van der Waals surface area contributed by atoms with Crippen LogP contribution >= 0.6 is 27.3 Å². The normalized spacial score (nSPS) is 10.5. The molecule has 2 rings (SSSR count). The van der Waals surface area contributed by atoms with Gasteiger partial charge in [0, 0.05) is 16.0 Å². The lowest BCUT2D eigenvalue weighted by atomic mass is 10.0. The summed E-state index contributed by atoms with van der Waals surface area (Å²) in [5.74, 6) is -0.652. The molecule has 0 aliphatic carbocycles. The highest BCUT2D eigenvalue weighted by Crippen LogP contribution is 2.28. The number of thiophene rings is 1. The Balaban J connectivity index is 2.44. The van der Waals surface area contributed by atoms with Crippen molar-refractivity contribution in [2.45, 2.75) is 6.92 Å². The molecule has 88 valence electrons. The molecule has 17 heavy (non-hydrogen) atoms. The van der Waals surface area contributed by atoms with Gasteiger partial charge in [-0.15, -0.1) is 11.3 Å². The second-order valence-corrected chi connectivity index (χ2v) is 6.22. The van der Waals surface area contributed by atoms with Gasteiger partial charge in [0.15, 0.2) is 5.78 Å². The zero-order chi connectivity index (χ0) is 12.6. The molecule has 0 aliphatic rings. The Hall–Kier alpha value is -1.20. The summed E-state index contributed by atoms with van der Waals surface area (Å²) in [4.78, 5) is 13.1. The van der Waals surface area contributed by atoms with Crippen molar-refractivity contribution in [3.8, 4) is 0 Å². The summed E-state index contributed by atoms with van der Waals surface area (Å²) in [6.45, 7) is 1.87. The lowest BCUT2D eigenvalue weighted by Crippen LogP contribution is -2.03. The van der Waals surface area contributed by atoms with Crippen LogP contribution in [0.2, 0.25) is 0 Å². The number of halogens is 2. The average Bonchev–Trinajstić information content (AvgIpc) is 2.61. The van der Waals surface area contributed by atoms with E-state index in [-0.39, 0.29) is 11.5 Å². The first kappa shape index (κ1) is 12.3. The van der Waals surface area contributed by atoms with Gasteiger partial charge in [-0.25, -0.2) is 4.39 Å². The molecule has 0 saturated carbocycles. The fraction of sp³-hybridized carbons (Fsp3) is 0.0833. The van der Waals surface area contributed by atoms with Gasteiger partial charge in [0.2, 0.25) is 0 Å². The number of anilines is 1. The van der Waals surface area contributed by atoms with Gasteiger partial charge in [-0.05, 0) is 47.1 Å². The van der Waals surface area contributed by atoms with E-state index >= 15 is 0 Å². The van der Waals surface area contributed by atoms with Gasteiger partial charge >= 0.3 is 0 Å². The average molecular weight is 314 g/mol. The second-order valence-electron chi connectivity index (χ2n) is 3.59. The minimum Gasteiger partial charge on any atom is -0.396 e. The van der Waals surface area contributed by atoms with E-state index in [4.69, 9.17) is 5.73 Å². The van der Waals surface area contributed by atoms with E-state index in [0.29, 0.717) is 11.1 Å². The number of rotatable bonds is 2. The molecule has 0 aliphatic heterocycles. The van der Waals surface area contributed by atoms with Crippen LogP contribution in [-0.4, -0.2) is 5.78 Å². The van der Waals surface area contributed by atoms with Crippen LogP contribution in [0.25, 0.3) is 0 Å². The van der Waals surface area contributed by atoms with Gasteiger partial charge in [0.1, 0.15) is 5.82 Å². The highest BCUT2D eigenvalue weighted by Gasteiger charge is 2.15. The van der Waals surface area contributed by atoms with Crippen LogP contribution in [0.5, 0.6) is 0 Å². The molecule has 0 radical (unpaired) electrons. The lowest BCUT2D eigenvalue weighted by Gasteiger charge is -2.02. The standard InChI is InChI=1S/C12H9BrFNOS/c1-6-8(5-11(13)17-6)12(16)7-2-3-9(14)10(15)4-7/h2-5H,15H2,1H3. The fourth-order valence-electron chi connectivity index (χ4n) is 1.51. The fourth-order valence-corrected chi connectivity index (χ4v) is 3.20. The van der Waals surface area contributed by atoms with Crippen molar-refractivity contribution in [1.29, 1.82) is 0 Å². The van der Waals surface area contributed by atoms with Gasteiger partial charge in [-0.1, -0.05) is 0 Å². The number of hydrogen-bond donors (Lipinski definition) is 1. The summed E-state index contributed by atoms with van der Waals surface area (Å²) in [5, 5.41) is 0. The van der Waals surface area contributed by atoms with E-state index in [1.54, 1.807) is 6.07 Å². The molecule has 2 aromatic rings. The highest BCUT2D eigenvalue weighted by atomic mass is 79.9. The Labute approximate surface area is 110 Å². The lowest BCUT2D eigenvalue weighted by molar-refractivity contribution is 0.103. The maximum absolute atomic E-state index is 13.0. The molecule has 2 N–H and O–H groups in total. The van der Waals surface area contributed by atoms with E-state index < -0.39 is 5.82 Å². The van der Waals surface area contributed by atoms with Crippen LogP contribution in [-0.2, 0) is 0 Å². The van der Waals surface area contributed by atoms with E-state index in [9.17, 15) is 9.18 Å². The monoisotopic (exact) mass is 313 g/mol. The van der Waals surface area contributed by atoms with E-state index in [1.807, 2.05) is 6.92 Å². The summed E-state index contributed by atoms with van der Waals surface area (Å²) in [5.41, 5.74) is 6.45. The van der Waals surface area contributed by atoms with Crippen molar-refractivity contribution < 1.29 is 9.18 Å². The molecule has 5 heteroatoms. The number of nitrogens with two attached hydrogens (primary N) is 1. The van der Waals surface area contributed by atoms with Gasteiger partial charge < -0.3 is 5.73 Å². The molecule has 1 heterocycles. The Morgan fingerprint density at radius 3 is 2.65 bits per heavy atom. The Kier molecular flexibility index (Phi) is 3.31. The van der Waals surface area contributed by atoms with Gasteiger partial charge in [-0.2, -0.15) is 0 Å². The molecule has 0 atom stereocenters. The predicted octanol–water partition coefficient (Wildman–Crippen LogP) is 3.77. The largest absolute Gasteiger partial charge is 0.396 e. The molecule has 0 bridgehead atoms. The van der Waals surface area contributed by atoms with Crippen molar-refractivity contribution in [2.24, 2.45) is 0 Å². The third kappa shape index (κ3) is 2.40. The topological polar surface area (TPSA) is 43.1 Å². The van der Waals surface area contributed by atoms with Crippen LogP contribution in [0, 0.1) is 12.7 Å². The quantitative estimate of drug-likeness (QED) is 0.677. The number of benzene rings is 1. The van der Waals surface area contributed by atoms with Gasteiger partial charge in [-0.3, -0.25) is 4.79 Å². The van der Waals surface area contributed by atoms with E-state index in [0.717, 1.165) is 8.66 Å². The second kappa shape index (κ2) is 4.58. The van der Waals surface area contributed by atoms with Crippen molar-refractivity contribution >= 4 is 38.7 Å². The maximum Gasteiger partial charge on any atom is 0.194 e. The molecule has 1 aromatic carbocycles. The molecular weight excluding hydrogens is 305 g/mol. The first-order valence-corrected chi connectivity index (χ1v) is 6.45. The Morgan fingerprint density at radius 2 is 2.12 bits per heavy atom. The van der Waals surface area contributed by atoms with Gasteiger partial charge in [0.25, 0.3) is 0 Å². The molecule has 0 saturated heterocycles. The van der Waals surface area contributed by atoms with Gasteiger partial charge in [0.05, 0.1) is 9.47 Å². The molecule has 0 fully saturated rings. The van der Waals surface area contributed by atoms with Crippen LogP contribution in [0.4, 0.5) is 10.1 Å². The minimum atomic E-state index is -0.509. The highest BCUT2D eigenvalue weighted by molar-refractivity contribution is 9.11. The number of aryl methyl sites for hydroxylation is 1. The summed E-state index contributed by atoms with van der Waals surface area (Å²) in [6.07, 6.45) is 0. The third-order valence-electron chi connectivity index (χ3n) is 2.39. The molecule has 2 nitrogen and oxygen atoms in total. The van der Waals surface area contributed by atoms with Crippen molar-refractivity contribution in [3.05, 3.63) is 49.9 Å². The number of nitrogen functional groups attached to an aromatic ring is 1. The first-order chi connectivity index (χ1) is 7.99. The van der Waals surface area contributed by atoms with Crippen molar-refractivity contribution in [1.82, 2.24) is 0 Å². The molecule has 1 aromatic heterocycles. The van der Waals surface area contributed by atoms with Crippen LogP contribution in [0.3, 0.4) is 0 Å². The minimum absolute atomic E-state index is 0.0113. The summed E-state index contributed by atoms with van der Waals surface area (Å²) in [6, 6.07) is 5.78. The number of carbonyl (C=O) groups is 1. The third-order valence-corrected chi connectivity index (χ3v) is 3.94. The maximum atomic E-state index is 13.0. The van der Waals surface area contributed by atoms with Crippen LogP contribution in [0.1, 0.15) is 20.8 Å². The molecule has 0 unspecified atom stereocenters. The Bertz CT molecular complexity index is 594. The molecular formula is C12H9BrFNOS. The zero-order valence-electron chi connectivity index (χ0n) is 8.96. The SMILES string of the molecule is Cc1sc(Br)cc1C(=O)c1ccc(F)c(N)c1. The number of carbonyl (C=O) groups excluding carboxylic acids is 1. The first-order valence-electron chi connectivity index (χ1n) is 4.84.